The lowest BCUT2D eigenvalue weighted by atomic mass is 10.1. The van der Waals surface area contributed by atoms with Crippen molar-refractivity contribution >= 4 is 17.3 Å². The molecule has 1 aromatic rings. The number of rotatable bonds is 2. The second-order valence-corrected chi connectivity index (χ2v) is 4.66. The lowest BCUT2D eigenvalue weighted by Crippen LogP contribution is -2.30. The minimum absolute atomic E-state index is 0.0136. The molecule has 0 bridgehead atoms. The monoisotopic (exact) mass is 279 g/mol. The average Bonchev–Trinajstić information content (AvgIpc) is 2.32. The third-order valence-corrected chi connectivity index (χ3v) is 3.14. The van der Waals surface area contributed by atoms with Crippen molar-refractivity contribution in [3.05, 3.63) is 28.8 Å². The molecule has 0 aliphatic carbocycles. The van der Waals surface area contributed by atoms with Crippen LogP contribution in [0.15, 0.2) is 18.2 Å². The van der Waals surface area contributed by atoms with Crippen molar-refractivity contribution in [2.75, 3.05) is 18.5 Å². The number of hydrogen-bond donors (Lipinski definition) is 1. The van der Waals surface area contributed by atoms with Gasteiger partial charge in [-0.25, -0.2) is 0 Å². The Labute approximate surface area is 108 Å². The van der Waals surface area contributed by atoms with Crippen LogP contribution < -0.4 is 5.32 Å². The van der Waals surface area contributed by atoms with E-state index in [1.54, 1.807) is 0 Å². The molecular weight excluding hydrogens is 267 g/mol. The molecule has 1 aromatic carbocycles. The van der Waals surface area contributed by atoms with Gasteiger partial charge < -0.3 is 10.1 Å². The fourth-order valence-corrected chi connectivity index (χ4v) is 2.06. The molecule has 1 heterocycles. The summed E-state index contributed by atoms with van der Waals surface area (Å²) in [5.74, 6) is 0. The van der Waals surface area contributed by atoms with E-state index in [1.165, 1.54) is 6.07 Å². The molecule has 0 amide bonds. The van der Waals surface area contributed by atoms with Crippen molar-refractivity contribution in [2.45, 2.75) is 25.1 Å². The van der Waals surface area contributed by atoms with Gasteiger partial charge in [0.1, 0.15) is 0 Å². The maximum Gasteiger partial charge on any atom is 0.416 e. The zero-order chi connectivity index (χ0) is 13.2. The Hall–Kier alpha value is -0.940. The van der Waals surface area contributed by atoms with Crippen LogP contribution in [0.5, 0.6) is 0 Å². The Morgan fingerprint density at radius 2 is 2.11 bits per heavy atom. The SMILES string of the molecule is FC(F)(F)c1ccc(Cl)c(NC2CCCOC2)c1. The Bertz CT molecular complexity index is 416. The van der Waals surface area contributed by atoms with Gasteiger partial charge in [-0.05, 0) is 31.0 Å². The summed E-state index contributed by atoms with van der Waals surface area (Å²) < 4.78 is 43.0. The van der Waals surface area contributed by atoms with Crippen molar-refractivity contribution in [2.24, 2.45) is 0 Å². The van der Waals surface area contributed by atoms with Gasteiger partial charge in [0.05, 0.1) is 22.9 Å². The standard InChI is InChI=1S/C12H13ClF3NO/c13-10-4-3-8(12(14,15)16)6-11(10)17-9-2-1-5-18-7-9/h3-4,6,9,17H,1-2,5,7H2. The van der Waals surface area contributed by atoms with Crippen LogP contribution in [0.2, 0.25) is 5.02 Å². The first-order valence-electron chi connectivity index (χ1n) is 5.68. The van der Waals surface area contributed by atoms with Crippen LogP contribution in [0.25, 0.3) is 0 Å². The number of alkyl halides is 3. The van der Waals surface area contributed by atoms with Gasteiger partial charge in [0, 0.05) is 12.6 Å². The molecule has 1 aliphatic rings. The molecule has 18 heavy (non-hydrogen) atoms. The molecule has 2 nitrogen and oxygen atoms in total. The van der Waals surface area contributed by atoms with Crippen molar-refractivity contribution in [1.82, 2.24) is 0 Å². The van der Waals surface area contributed by atoms with Gasteiger partial charge in [-0.15, -0.1) is 0 Å². The summed E-state index contributed by atoms with van der Waals surface area (Å²) in [5, 5.41) is 3.29. The number of halogens is 4. The van der Waals surface area contributed by atoms with Gasteiger partial charge in [-0.3, -0.25) is 0 Å². The Balaban J connectivity index is 2.15. The van der Waals surface area contributed by atoms with Crippen molar-refractivity contribution in [3.8, 4) is 0 Å². The van der Waals surface area contributed by atoms with Gasteiger partial charge in [0.15, 0.2) is 0 Å². The highest BCUT2D eigenvalue weighted by Crippen LogP contribution is 2.34. The predicted octanol–water partition coefficient (Wildman–Crippen LogP) is 3.95. The van der Waals surface area contributed by atoms with Gasteiger partial charge >= 0.3 is 6.18 Å². The Morgan fingerprint density at radius 1 is 1.33 bits per heavy atom. The molecule has 2 rings (SSSR count). The predicted molar refractivity (Wildman–Crippen MR) is 63.9 cm³/mol. The molecule has 1 aliphatic heterocycles. The van der Waals surface area contributed by atoms with Crippen molar-refractivity contribution in [1.29, 1.82) is 0 Å². The van der Waals surface area contributed by atoms with Gasteiger partial charge in [-0.2, -0.15) is 13.2 Å². The summed E-state index contributed by atoms with van der Waals surface area (Å²) in [5.41, 5.74) is -0.395. The van der Waals surface area contributed by atoms with Crippen LogP contribution in [0.1, 0.15) is 18.4 Å². The lowest BCUT2D eigenvalue weighted by Gasteiger charge is -2.25. The van der Waals surface area contributed by atoms with Crippen LogP contribution in [-0.2, 0) is 10.9 Å². The summed E-state index contributed by atoms with van der Waals surface area (Å²) >= 11 is 5.89. The largest absolute Gasteiger partial charge is 0.416 e. The van der Waals surface area contributed by atoms with E-state index < -0.39 is 11.7 Å². The van der Waals surface area contributed by atoms with Crippen LogP contribution in [0, 0.1) is 0 Å². The first kappa shape index (κ1) is 13.5. The number of benzene rings is 1. The highest BCUT2D eigenvalue weighted by molar-refractivity contribution is 6.33. The molecule has 0 aromatic heterocycles. The fraction of sp³-hybridized carbons (Fsp3) is 0.500. The third kappa shape index (κ3) is 3.29. The van der Waals surface area contributed by atoms with Crippen LogP contribution >= 0.6 is 11.6 Å². The molecule has 1 saturated heterocycles. The summed E-state index contributed by atoms with van der Waals surface area (Å²) in [6.07, 6.45) is -2.59. The fourth-order valence-electron chi connectivity index (χ4n) is 1.89. The topological polar surface area (TPSA) is 21.3 Å². The molecule has 0 radical (unpaired) electrons. The van der Waals surface area contributed by atoms with E-state index >= 15 is 0 Å². The molecule has 0 saturated carbocycles. The number of anilines is 1. The molecule has 100 valence electrons. The van der Waals surface area contributed by atoms with Crippen LogP contribution in [0.4, 0.5) is 18.9 Å². The summed E-state index contributed by atoms with van der Waals surface area (Å²) in [6, 6.07) is 3.29. The second-order valence-electron chi connectivity index (χ2n) is 4.25. The minimum Gasteiger partial charge on any atom is -0.379 e. The summed E-state index contributed by atoms with van der Waals surface area (Å²) in [6.45, 7) is 1.20. The molecule has 1 unspecified atom stereocenters. The molecule has 6 heteroatoms. The maximum absolute atomic E-state index is 12.6. The molecule has 1 fully saturated rings. The lowest BCUT2D eigenvalue weighted by molar-refractivity contribution is -0.137. The smallest absolute Gasteiger partial charge is 0.379 e. The molecule has 1 N–H and O–H groups in total. The normalized spacial score (nSPS) is 20.8. The number of hydrogen-bond acceptors (Lipinski definition) is 2. The van der Waals surface area contributed by atoms with Crippen LogP contribution in [-0.4, -0.2) is 19.3 Å². The molecule has 0 spiro atoms. The summed E-state index contributed by atoms with van der Waals surface area (Å²) in [4.78, 5) is 0. The highest BCUT2D eigenvalue weighted by atomic mass is 35.5. The van der Waals surface area contributed by atoms with E-state index in [4.69, 9.17) is 16.3 Å². The Morgan fingerprint density at radius 3 is 2.72 bits per heavy atom. The molecule has 1 atom stereocenters. The second kappa shape index (κ2) is 5.36. The van der Waals surface area contributed by atoms with Gasteiger partial charge in [-0.1, -0.05) is 11.6 Å². The maximum atomic E-state index is 12.6. The Kier molecular flexibility index (Phi) is 4.02. The first-order chi connectivity index (χ1) is 8.47. The van der Waals surface area contributed by atoms with E-state index in [9.17, 15) is 13.2 Å². The minimum atomic E-state index is -4.36. The summed E-state index contributed by atoms with van der Waals surface area (Å²) in [7, 11) is 0. The molecular formula is C12H13ClF3NO. The van der Waals surface area contributed by atoms with E-state index in [0.717, 1.165) is 25.0 Å². The number of nitrogens with one attached hydrogen (secondary N) is 1. The van der Waals surface area contributed by atoms with Crippen molar-refractivity contribution in [3.63, 3.8) is 0 Å². The zero-order valence-corrected chi connectivity index (χ0v) is 10.3. The van der Waals surface area contributed by atoms with Crippen LogP contribution in [0.3, 0.4) is 0 Å². The van der Waals surface area contributed by atoms with Crippen molar-refractivity contribution < 1.29 is 17.9 Å². The zero-order valence-electron chi connectivity index (χ0n) is 9.56. The van der Waals surface area contributed by atoms with E-state index in [2.05, 4.69) is 5.32 Å². The van der Waals surface area contributed by atoms with E-state index in [-0.39, 0.29) is 11.1 Å². The van der Waals surface area contributed by atoms with Gasteiger partial charge in [0.25, 0.3) is 0 Å². The van der Waals surface area contributed by atoms with Gasteiger partial charge in [0.2, 0.25) is 0 Å². The average molecular weight is 280 g/mol. The first-order valence-corrected chi connectivity index (χ1v) is 6.05. The third-order valence-electron chi connectivity index (χ3n) is 2.81. The highest BCUT2D eigenvalue weighted by Gasteiger charge is 2.31. The van der Waals surface area contributed by atoms with E-state index in [1.807, 2.05) is 0 Å². The quantitative estimate of drug-likeness (QED) is 0.885. The number of ether oxygens (including phenoxy) is 1. The van der Waals surface area contributed by atoms with E-state index in [0.29, 0.717) is 18.9 Å².